The Morgan fingerprint density at radius 1 is 0.431 bits per heavy atom. The van der Waals surface area contributed by atoms with Gasteiger partial charge in [-0.25, -0.2) is 0 Å². The lowest BCUT2D eigenvalue weighted by atomic mass is 10.0. The molecule has 7 rings (SSSR count). The minimum atomic E-state index is 1.11. The van der Waals surface area contributed by atoms with E-state index in [2.05, 4.69) is 206 Å². The summed E-state index contributed by atoms with van der Waals surface area (Å²) < 4.78 is 0. The third-order valence-corrected chi connectivity index (χ3v) is 8.42. The van der Waals surface area contributed by atoms with Gasteiger partial charge in [0, 0.05) is 40.9 Å². The standard InChI is InChI=1S/C41H32N2.C5H8.C3H6/c1-42(41-18-10-16-35-15-8-9-17-40(35)41)36-27-29-39(30-28-36)43(37-23-19-33(20-24-37)31-11-4-2-5-12-31)38-25-21-34(22-26-38)32-13-6-3-7-14-32;1-3-5-4-2;1-3-2/h2-30H,1H3;3-5H,1H2,2H3;3H,1H2,2H3/b;5-4-;. The zero-order chi connectivity index (χ0) is 35.8. The summed E-state index contributed by atoms with van der Waals surface area (Å²) in [4.78, 5) is 4.59. The maximum Gasteiger partial charge on any atom is 0.0487 e. The van der Waals surface area contributed by atoms with Crippen LogP contribution in [0.3, 0.4) is 0 Å². The second-order valence-electron chi connectivity index (χ2n) is 11.9. The van der Waals surface area contributed by atoms with Crippen molar-refractivity contribution in [3.05, 3.63) is 213 Å². The van der Waals surface area contributed by atoms with Crippen LogP contribution in [0.2, 0.25) is 0 Å². The van der Waals surface area contributed by atoms with Crippen molar-refractivity contribution >= 4 is 39.2 Å². The number of anilines is 5. The Bertz CT molecular complexity index is 2040. The van der Waals surface area contributed by atoms with Gasteiger partial charge in [-0.15, -0.1) is 6.58 Å². The minimum absolute atomic E-state index is 1.11. The number of allylic oxidation sites excluding steroid dienone is 4. The molecular weight excluding hydrogens is 617 g/mol. The maximum absolute atomic E-state index is 3.46. The first-order valence-electron chi connectivity index (χ1n) is 17.3. The monoisotopic (exact) mass is 662 g/mol. The number of hydrogen-bond acceptors (Lipinski definition) is 2. The van der Waals surface area contributed by atoms with Crippen LogP contribution in [-0.4, -0.2) is 7.05 Å². The van der Waals surface area contributed by atoms with E-state index in [0.29, 0.717) is 0 Å². The number of nitrogens with zero attached hydrogens (tertiary/aromatic N) is 2. The molecule has 0 aromatic heterocycles. The van der Waals surface area contributed by atoms with Crippen LogP contribution in [0, 0.1) is 0 Å². The molecule has 0 atom stereocenters. The van der Waals surface area contributed by atoms with Gasteiger partial charge in [-0.3, -0.25) is 0 Å². The highest BCUT2D eigenvalue weighted by molar-refractivity contribution is 5.96. The fourth-order valence-corrected chi connectivity index (χ4v) is 5.92. The van der Waals surface area contributed by atoms with Crippen LogP contribution in [0.1, 0.15) is 13.8 Å². The average molecular weight is 663 g/mol. The Balaban J connectivity index is 0.000000573. The SMILES string of the molecule is C=C/C=C\C.C=CC.CN(c1ccc(N(c2ccc(-c3ccccc3)cc2)c2ccc(-c3ccccc3)cc2)cc1)c1cccc2ccccc12. The Labute approximate surface area is 304 Å². The summed E-state index contributed by atoms with van der Waals surface area (Å²) in [5.74, 6) is 0. The van der Waals surface area contributed by atoms with E-state index >= 15 is 0 Å². The van der Waals surface area contributed by atoms with Gasteiger partial charge in [0.25, 0.3) is 0 Å². The van der Waals surface area contributed by atoms with Crippen molar-refractivity contribution in [2.45, 2.75) is 13.8 Å². The molecule has 0 unspecified atom stereocenters. The first kappa shape index (κ1) is 35.9. The molecule has 0 fully saturated rings. The molecule has 0 saturated carbocycles. The molecule has 0 amide bonds. The summed E-state index contributed by atoms with van der Waals surface area (Å²) in [7, 11) is 2.14. The molecule has 0 bridgehead atoms. The van der Waals surface area contributed by atoms with Crippen LogP contribution in [0.4, 0.5) is 28.4 Å². The van der Waals surface area contributed by atoms with Gasteiger partial charge in [0.05, 0.1) is 0 Å². The molecule has 252 valence electrons. The third-order valence-electron chi connectivity index (χ3n) is 8.42. The highest BCUT2D eigenvalue weighted by Gasteiger charge is 2.15. The van der Waals surface area contributed by atoms with Crippen molar-refractivity contribution in [1.82, 2.24) is 0 Å². The molecule has 0 heterocycles. The smallest absolute Gasteiger partial charge is 0.0487 e. The Hall–Kier alpha value is -6.38. The van der Waals surface area contributed by atoms with E-state index in [4.69, 9.17) is 0 Å². The second kappa shape index (κ2) is 18.4. The molecular formula is C49H46N2. The lowest BCUT2D eigenvalue weighted by molar-refractivity contribution is 1.21. The Kier molecular flexibility index (Phi) is 13.0. The van der Waals surface area contributed by atoms with Gasteiger partial charge in [0.15, 0.2) is 0 Å². The highest BCUT2D eigenvalue weighted by atomic mass is 15.1. The zero-order valence-corrected chi connectivity index (χ0v) is 29.9. The minimum Gasteiger partial charge on any atom is -0.344 e. The van der Waals surface area contributed by atoms with Gasteiger partial charge < -0.3 is 9.80 Å². The number of benzene rings is 7. The van der Waals surface area contributed by atoms with E-state index < -0.39 is 0 Å². The lowest BCUT2D eigenvalue weighted by Gasteiger charge is -2.27. The molecule has 0 saturated heterocycles. The number of hydrogen-bond donors (Lipinski definition) is 0. The van der Waals surface area contributed by atoms with Crippen molar-refractivity contribution in [1.29, 1.82) is 0 Å². The molecule has 7 aromatic carbocycles. The Morgan fingerprint density at radius 2 is 0.824 bits per heavy atom. The molecule has 0 aliphatic heterocycles. The Morgan fingerprint density at radius 3 is 1.27 bits per heavy atom. The molecule has 0 spiro atoms. The van der Waals surface area contributed by atoms with Crippen molar-refractivity contribution in [2.75, 3.05) is 16.8 Å². The van der Waals surface area contributed by atoms with Gasteiger partial charge in [0.2, 0.25) is 0 Å². The van der Waals surface area contributed by atoms with E-state index in [1.165, 1.54) is 38.7 Å². The summed E-state index contributed by atoms with van der Waals surface area (Å²) in [6, 6.07) is 62.6. The van der Waals surface area contributed by atoms with E-state index in [1.807, 2.05) is 26.0 Å². The summed E-state index contributed by atoms with van der Waals surface area (Å²) in [5.41, 5.74) is 10.5. The van der Waals surface area contributed by atoms with Gasteiger partial charge in [0.1, 0.15) is 0 Å². The summed E-state index contributed by atoms with van der Waals surface area (Å²) in [6.45, 7) is 10.7. The van der Waals surface area contributed by atoms with Crippen LogP contribution in [0.25, 0.3) is 33.0 Å². The van der Waals surface area contributed by atoms with Gasteiger partial charge in [-0.2, -0.15) is 0 Å². The first-order valence-corrected chi connectivity index (χ1v) is 17.3. The zero-order valence-electron chi connectivity index (χ0n) is 29.9. The topological polar surface area (TPSA) is 6.48 Å². The highest BCUT2D eigenvalue weighted by Crippen LogP contribution is 2.38. The lowest BCUT2D eigenvalue weighted by Crippen LogP contribution is -2.12. The summed E-state index contributed by atoms with van der Waals surface area (Å²) >= 11 is 0. The van der Waals surface area contributed by atoms with E-state index in [9.17, 15) is 0 Å². The largest absolute Gasteiger partial charge is 0.344 e. The summed E-state index contributed by atoms with van der Waals surface area (Å²) in [6.07, 6.45) is 7.33. The predicted molar refractivity (Wildman–Crippen MR) is 225 cm³/mol. The van der Waals surface area contributed by atoms with Crippen molar-refractivity contribution in [3.8, 4) is 22.3 Å². The fraction of sp³-hybridized carbons (Fsp3) is 0.0612. The maximum atomic E-state index is 3.46. The second-order valence-corrected chi connectivity index (χ2v) is 11.9. The average Bonchev–Trinajstić information content (AvgIpc) is 3.20. The van der Waals surface area contributed by atoms with Crippen molar-refractivity contribution in [3.63, 3.8) is 0 Å². The van der Waals surface area contributed by atoms with E-state index in [0.717, 1.165) is 22.7 Å². The predicted octanol–water partition coefficient (Wildman–Crippen LogP) is 14.4. The van der Waals surface area contributed by atoms with E-state index in [-0.39, 0.29) is 0 Å². The number of rotatable bonds is 8. The van der Waals surface area contributed by atoms with E-state index in [1.54, 1.807) is 12.2 Å². The molecule has 51 heavy (non-hydrogen) atoms. The molecule has 0 aliphatic rings. The molecule has 0 radical (unpaired) electrons. The molecule has 0 aliphatic carbocycles. The van der Waals surface area contributed by atoms with Gasteiger partial charge >= 0.3 is 0 Å². The quantitative estimate of drug-likeness (QED) is 0.118. The van der Waals surface area contributed by atoms with Crippen LogP contribution < -0.4 is 9.80 Å². The molecule has 0 N–H and O–H groups in total. The molecule has 2 heteroatoms. The summed E-state index contributed by atoms with van der Waals surface area (Å²) in [5, 5.41) is 2.49. The van der Waals surface area contributed by atoms with Crippen LogP contribution in [0.15, 0.2) is 213 Å². The number of fused-ring (bicyclic) bond motifs is 1. The van der Waals surface area contributed by atoms with Crippen molar-refractivity contribution < 1.29 is 0 Å². The normalized spacial score (nSPS) is 10.3. The first-order chi connectivity index (χ1) is 25.1. The fourth-order valence-electron chi connectivity index (χ4n) is 5.92. The van der Waals surface area contributed by atoms with Crippen molar-refractivity contribution in [2.24, 2.45) is 0 Å². The van der Waals surface area contributed by atoms with Crippen LogP contribution >= 0.6 is 0 Å². The van der Waals surface area contributed by atoms with Gasteiger partial charge in [-0.1, -0.05) is 152 Å². The molecule has 2 nitrogen and oxygen atoms in total. The van der Waals surface area contributed by atoms with Crippen LogP contribution in [0.5, 0.6) is 0 Å². The van der Waals surface area contributed by atoms with Gasteiger partial charge in [-0.05, 0) is 96.1 Å². The third kappa shape index (κ3) is 9.20. The molecule has 7 aromatic rings. The van der Waals surface area contributed by atoms with Crippen LogP contribution in [-0.2, 0) is 0 Å².